The Morgan fingerprint density at radius 1 is 1.15 bits per heavy atom. The summed E-state index contributed by atoms with van der Waals surface area (Å²) >= 11 is 0. The summed E-state index contributed by atoms with van der Waals surface area (Å²) in [5, 5.41) is 9.33. The van der Waals surface area contributed by atoms with Gasteiger partial charge in [0.25, 0.3) is 5.91 Å². The Labute approximate surface area is 157 Å². The highest BCUT2D eigenvalue weighted by Crippen LogP contribution is 2.48. The Morgan fingerprint density at radius 3 is 2.74 bits per heavy atom. The highest BCUT2D eigenvalue weighted by atomic mass is 16.2. The fraction of sp³-hybridized carbons (Fsp3) is 0.550. The van der Waals surface area contributed by atoms with Crippen LogP contribution in [0, 0.1) is 17.8 Å². The first kappa shape index (κ1) is 16.9. The van der Waals surface area contributed by atoms with Crippen molar-refractivity contribution in [3.05, 3.63) is 34.9 Å². The number of hydrogen-bond acceptors (Lipinski definition) is 5. The average molecular weight is 368 g/mol. The van der Waals surface area contributed by atoms with E-state index in [1.165, 1.54) is 0 Å². The van der Waals surface area contributed by atoms with Gasteiger partial charge in [0.2, 0.25) is 11.8 Å². The first-order valence-corrected chi connectivity index (χ1v) is 9.80. The second-order valence-electron chi connectivity index (χ2n) is 8.12. The number of rotatable bonds is 5. The summed E-state index contributed by atoms with van der Waals surface area (Å²) in [6.07, 6.45) is 0.681. The lowest BCUT2D eigenvalue weighted by atomic mass is 10.0. The third-order valence-corrected chi connectivity index (χ3v) is 6.64. The van der Waals surface area contributed by atoms with Crippen LogP contribution in [0.15, 0.2) is 18.2 Å². The normalized spacial score (nSPS) is 31.7. The molecule has 3 fully saturated rings. The summed E-state index contributed by atoms with van der Waals surface area (Å²) in [5.74, 6) is 1.73. The maximum atomic E-state index is 12.8. The Bertz CT molecular complexity index is 813. The molecule has 142 valence electrons. The number of hydrogen-bond donors (Lipinski definition) is 3. The predicted octanol–water partition coefficient (Wildman–Crippen LogP) is 0.00260. The van der Waals surface area contributed by atoms with Crippen LogP contribution in [0.25, 0.3) is 0 Å². The van der Waals surface area contributed by atoms with Crippen LogP contribution < -0.4 is 16.0 Å². The van der Waals surface area contributed by atoms with Gasteiger partial charge in [-0.05, 0) is 61.0 Å². The van der Waals surface area contributed by atoms with Crippen LogP contribution in [0.4, 0.5) is 0 Å². The fourth-order valence-corrected chi connectivity index (χ4v) is 5.04. The van der Waals surface area contributed by atoms with Crippen molar-refractivity contribution in [2.24, 2.45) is 17.8 Å². The van der Waals surface area contributed by atoms with Crippen molar-refractivity contribution in [2.75, 3.05) is 19.6 Å². The number of benzene rings is 1. The summed E-state index contributed by atoms with van der Waals surface area (Å²) < 4.78 is 0. The van der Waals surface area contributed by atoms with E-state index in [1.807, 2.05) is 12.1 Å². The molecule has 0 spiro atoms. The van der Waals surface area contributed by atoms with Crippen LogP contribution in [0.1, 0.15) is 34.3 Å². The van der Waals surface area contributed by atoms with Crippen LogP contribution in [-0.2, 0) is 22.7 Å². The van der Waals surface area contributed by atoms with Gasteiger partial charge >= 0.3 is 0 Å². The molecule has 1 aromatic carbocycles. The molecule has 27 heavy (non-hydrogen) atoms. The molecule has 1 aliphatic carbocycles. The van der Waals surface area contributed by atoms with Gasteiger partial charge in [-0.1, -0.05) is 12.1 Å². The predicted molar refractivity (Wildman–Crippen MR) is 97.5 cm³/mol. The lowest BCUT2D eigenvalue weighted by Crippen LogP contribution is -2.52. The standard InChI is InChI=1S/C20H24N4O3/c25-18-5-4-17(19(26)23-18)24-10-16-11(2-1-3-12(16)20(24)27)6-21-7-13-14-8-22-9-15(13)14/h1-3,13-15,17,21-22H,4-10H2,(H,23,25,26). The third-order valence-electron chi connectivity index (χ3n) is 6.64. The molecular formula is C20H24N4O3. The van der Waals surface area contributed by atoms with E-state index >= 15 is 0 Å². The molecule has 0 aromatic heterocycles. The second kappa shape index (κ2) is 6.42. The van der Waals surface area contributed by atoms with Crippen molar-refractivity contribution in [1.29, 1.82) is 0 Å². The highest BCUT2D eigenvalue weighted by Gasteiger charge is 2.52. The molecular weight excluding hydrogens is 344 g/mol. The van der Waals surface area contributed by atoms with E-state index in [1.54, 1.807) is 4.90 Å². The van der Waals surface area contributed by atoms with E-state index in [-0.39, 0.29) is 24.1 Å². The van der Waals surface area contributed by atoms with Crippen LogP contribution in [0.5, 0.6) is 0 Å². The largest absolute Gasteiger partial charge is 0.322 e. The summed E-state index contributed by atoms with van der Waals surface area (Å²) in [7, 11) is 0. The van der Waals surface area contributed by atoms with Crippen molar-refractivity contribution in [3.63, 3.8) is 0 Å². The number of imide groups is 1. The van der Waals surface area contributed by atoms with Gasteiger partial charge in [-0.3, -0.25) is 19.7 Å². The molecule has 4 aliphatic rings. The lowest BCUT2D eigenvalue weighted by molar-refractivity contribution is -0.136. The van der Waals surface area contributed by atoms with Gasteiger partial charge in [-0.15, -0.1) is 0 Å². The maximum absolute atomic E-state index is 12.8. The molecule has 0 bridgehead atoms. The van der Waals surface area contributed by atoms with Crippen molar-refractivity contribution >= 4 is 17.7 Å². The van der Waals surface area contributed by atoms with E-state index in [2.05, 4.69) is 22.0 Å². The Morgan fingerprint density at radius 2 is 1.96 bits per heavy atom. The minimum absolute atomic E-state index is 0.107. The van der Waals surface area contributed by atoms with Crippen molar-refractivity contribution in [2.45, 2.75) is 32.0 Å². The Hall–Kier alpha value is -2.25. The van der Waals surface area contributed by atoms with Gasteiger partial charge in [0.1, 0.15) is 6.04 Å². The molecule has 3 atom stereocenters. The molecule has 7 nitrogen and oxygen atoms in total. The van der Waals surface area contributed by atoms with E-state index in [0.717, 1.165) is 55.1 Å². The van der Waals surface area contributed by atoms with Gasteiger partial charge < -0.3 is 15.5 Å². The highest BCUT2D eigenvalue weighted by molar-refractivity contribution is 6.05. The second-order valence-corrected chi connectivity index (χ2v) is 8.12. The van der Waals surface area contributed by atoms with Gasteiger partial charge in [-0.2, -0.15) is 0 Å². The van der Waals surface area contributed by atoms with Crippen molar-refractivity contribution in [3.8, 4) is 0 Å². The Kier molecular flexibility index (Phi) is 4.02. The lowest BCUT2D eigenvalue weighted by Gasteiger charge is -2.29. The first-order valence-electron chi connectivity index (χ1n) is 9.80. The number of fused-ring (bicyclic) bond motifs is 2. The van der Waals surface area contributed by atoms with E-state index in [4.69, 9.17) is 0 Å². The zero-order chi connectivity index (χ0) is 18.5. The minimum Gasteiger partial charge on any atom is -0.322 e. The summed E-state index contributed by atoms with van der Waals surface area (Å²) in [6.45, 7) is 4.49. The van der Waals surface area contributed by atoms with Gasteiger partial charge in [-0.25, -0.2) is 0 Å². The van der Waals surface area contributed by atoms with Gasteiger partial charge in [0, 0.05) is 25.1 Å². The van der Waals surface area contributed by atoms with E-state index in [0.29, 0.717) is 18.5 Å². The van der Waals surface area contributed by atoms with Crippen LogP contribution >= 0.6 is 0 Å². The summed E-state index contributed by atoms with van der Waals surface area (Å²) in [4.78, 5) is 38.0. The zero-order valence-corrected chi connectivity index (χ0v) is 15.2. The van der Waals surface area contributed by atoms with Crippen molar-refractivity contribution in [1.82, 2.24) is 20.9 Å². The smallest absolute Gasteiger partial charge is 0.255 e. The average Bonchev–Trinajstić information content (AvgIpc) is 2.97. The molecule has 7 heteroatoms. The zero-order valence-electron chi connectivity index (χ0n) is 15.2. The molecule has 1 saturated carbocycles. The molecule has 5 rings (SSSR count). The molecule has 3 aliphatic heterocycles. The maximum Gasteiger partial charge on any atom is 0.255 e. The molecule has 3 unspecified atom stereocenters. The third kappa shape index (κ3) is 2.85. The SMILES string of the molecule is O=C1CCC(N2Cc3c(CNCC4C5CNCC45)cccc3C2=O)C(=O)N1. The summed E-state index contributed by atoms with van der Waals surface area (Å²) in [6, 6.07) is 5.26. The number of nitrogens with one attached hydrogen (secondary N) is 3. The monoisotopic (exact) mass is 368 g/mol. The topological polar surface area (TPSA) is 90.5 Å². The number of carbonyl (C=O) groups is 3. The van der Waals surface area contributed by atoms with Crippen LogP contribution in [-0.4, -0.2) is 48.3 Å². The minimum atomic E-state index is -0.554. The molecule has 3 N–H and O–H groups in total. The number of amides is 3. The Balaban J connectivity index is 1.26. The molecule has 0 radical (unpaired) electrons. The van der Waals surface area contributed by atoms with E-state index in [9.17, 15) is 14.4 Å². The van der Waals surface area contributed by atoms with Gasteiger partial charge in [0.15, 0.2) is 0 Å². The molecule has 3 heterocycles. The van der Waals surface area contributed by atoms with Crippen LogP contribution in [0.3, 0.4) is 0 Å². The van der Waals surface area contributed by atoms with Crippen molar-refractivity contribution < 1.29 is 14.4 Å². The molecule has 2 saturated heterocycles. The van der Waals surface area contributed by atoms with E-state index < -0.39 is 6.04 Å². The summed E-state index contributed by atoms with van der Waals surface area (Å²) in [5.41, 5.74) is 2.82. The van der Waals surface area contributed by atoms with Crippen LogP contribution in [0.2, 0.25) is 0 Å². The molecule has 3 amide bonds. The number of carbonyl (C=O) groups excluding carboxylic acids is 3. The first-order chi connectivity index (χ1) is 13.1. The molecule has 1 aromatic rings. The quantitative estimate of drug-likeness (QED) is 0.637. The van der Waals surface area contributed by atoms with Gasteiger partial charge in [0.05, 0.1) is 0 Å². The number of piperidine rings is 2. The fourth-order valence-electron chi connectivity index (χ4n) is 5.04. The number of nitrogens with zero attached hydrogens (tertiary/aromatic N) is 1.